The summed E-state index contributed by atoms with van der Waals surface area (Å²) in [4.78, 5) is 11.5. The highest BCUT2D eigenvalue weighted by atomic mass is 16.5. The maximum Gasteiger partial charge on any atom is 0.336 e. The first kappa shape index (κ1) is 16.5. The molecule has 0 aliphatic carbocycles. The quantitative estimate of drug-likeness (QED) is 0.669. The van der Waals surface area contributed by atoms with Gasteiger partial charge in [0, 0.05) is 5.56 Å². The van der Waals surface area contributed by atoms with Gasteiger partial charge in [-0.3, -0.25) is 0 Å². The summed E-state index contributed by atoms with van der Waals surface area (Å²) in [5.41, 5.74) is 3.63. The maximum absolute atomic E-state index is 11.5. The molecule has 0 saturated carbocycles. The van der Waals surface area contributed by atoms with E-state index in [4.69, 9.17) is 4.74 Å². The van der Waals surface area contributed by atoms with Crippen LogP contribution in [0.15, 0.2) is 79.4 Å². The smallest absolute Gasteiger partial charge is 0.336 e. The molecule has 1 N–H and O–H groups in total. The first-order chi connectivity index (χ1) is 12.2. The second kappa shape index (κ2) is 7.49. The van der Waals surface area contributed by atoms with Crippen molar-refractivity contribution < 1.29 is 14.6 Å². The van der Waals surface area contributed by atoms with Gasteiger partial charge in [0.15, 0.2) is 0 Å². The number of carboxylic acids is 1. The monoisotopic (exact) mass is 330 g/mol. The molecular weight excluding hydrogens is 312 g/mol. The zero-order valence-corrected chi connectivity index (χ0v) is 13.7. The lowest BCUT2D eigenvalue weighted by molar-refractivity contribution is 0.0697. The SMILES string of the molecule is C=Cc1cccc(C(=O)O)c1-c1ccc(OCc2ccccc2)cc1. The molecule has 0 bridgehead atoms. The first-order valence-electron chi connectivity index (χ1n) is 7.95. The molecule has 0 aliphatic heterocycles. The molecule has 0 spiro atoms. The van der Waals surface area contributed by atoms with Gasteiger partial charge in [-0.15, -0.1) is 0 Å². The molecule has 0 aliphatic rings. The van der Waals surface area contributed by atoms with E-state index >= 15 is 0 Å². The molecule has 0 heterocycles. The Morgan fingerprint density at radius 3 is 2.32 bits per heavy atom. The molecule has 3 aromatic rings. The predicted molar refractivity (Wildman–Crippen MR) is 99.7 cm³/mol. The van der Waals surface area contributed by atoms with E-state index in [2.05, 4.69) is 6.58 Å². The molecule has 0 aromatic heterocycles. The number of aromatic carboxylic acids is 1. The van der Waals surface area contributed by atoms with Gasteiger partial charge in [0.2, 0.25) is 0 Å². The predicted octanol–water partition coefficient (Wildman–Crippen LogP) is 5.27. The van der Waals surface area contributed by atoms with Crippen LogP contribution >= 0.6 is 0 Å². The zero-order valence-electron chi connectivity index (χ0n) is 13.7. The summed E-state index contributed by atoms with van der Waals surface area (Å²) in [6, 6.07) is 22.6. The largest absolute Gasteiger partial charge is 0.489 e. The Kier molecular flexibility index (Phi) is 4.95. The van der Waals surface area contributed by atoms with E-state index in [1.54, 1.807) is 18.2 Å². The van der Waals surface area contributed by atoms with Gasteiger partial charge in [-0.1, -0.05) is 67.3 Å². The molecule has 25 heavy (non-hydrogen) atoms. The molecule has 0 amide bonds. The van der Waals surface area contributed by atoms with Crippen LogP contribution in [0.2, 0.25) is 0 Å². The third-order valence-corrected chi connectivity index (χ3v) is 3.94. The fourth-order valence-electron chi connectivity index (χ4n) is 2.70. The molecule has 0 atom stereocenters. The minimum atomic E-state index is -0.955. The number of benzene rings is 3. The number of hydrogen-bond donors (Lipinski definition) is 1. The summed E-state index contributed by atoms with van der Waals surface area (Å²) < 4.78 is 5.78. The Morgan fingerprint density at radius 1 is 0.960 bits per heavy atom. The van der Waals surface area contributed by atoms with E-state index in [0.717, 1.165) is 22.4 Å². The van der Waals surface area contributed by atoms with E-state index < -0.39 is 5.97 Å². The summed E-state index contributed by atoms with van der Waals surface area (Å²) in [5, 5.41) is 9.45. The minimum Gasteiger partial charge on any atom is -0.489 e. The summed E-state index contributed by atoms with van der Waals surface area (Å²) in [7, 11) is 0. The van der Waals surface area contributed by atoms with E-state index in [1.165, 1.54) is 0 Å². The minimum absolute atomic E-state index is 0.260. The van der Waals surface area contributed by atoms with Crippen LogP contribution in [-0.4, -0.2) is 11.1 Å². The lowest BCUT2D eigenvalue weighted by atomic mass is 9.94. The number of ether oxygens (including phenoxy) is 1. The van der Waals surface area contributed by atoms with Crippen molar-refractivity contribution in [3.05, 3.63) is 96.1 Å². The van der Waals surface area contributed by atoms with E-state index in [0.29, 0.717) is 12.2 Å². The van der Waals surface area contributed by atoms with Gasteiger partial charge < -0.3 is 9.84 Å². The Hall–Kier alpha value is -3.33. The van der Waals surface area contributed by atoms with Crippen LogP contribution in [0.3, 0.4) is 0 Å². The second-order valence-electron chi connectivity index (χ2n) is 5.58. The fourth-order valence-corrected chi connectivity index (χ4v) is 2.70. The van der Waals surface area contributed by atoms with Crippen LogP contribution in [0.25, 0.3) is 17.2 Å². The van der Waals surface area contributed by atoms with Crippen molar-refractivity contribution in [2.75, 3.05) is 0 Å². The van der Waals surface area contributed by atoms with E-state index in [1.807, 2.05) is 60.7 Å². The van der Waals surface area contributed by atoms with E-state index in [-0.39, 0.29) is 5.56 Å². The maximum atomic E-state index is 11.5. The molecule has 0 radical (unpaired) electrons. The van der Waals surface area contributed by atoms with Crippen LogP contribution in [0.1, 0.15) is 21.5 Å². The molecule has 0 unspecified atom stereocenters. The number of carbonyl (C=O) groups is 1. The topological polar surface area (TPSA) is 46.5 Å². The molecule has 124 valence electrons. The lowest BCUT2D eigenvalue weighted by Crippen LogP contribution is -2.01. The summed E-state index contributed by atoms with van der Waals surface area (Å²) in [6.07, 6.45) is 1.67. The number of carboxylic acid groups (broad SMARTS) is 1. The van der Waals surface area contributed by atoms with Crippen molar-refractivity contribution in [1.29, 1.82) is 0 Å². The zero-order chi connectivity index (χ0) is 17.6. The normalized spacial score (nSPS) is 10.2. The van der Waals surface area contributed by atoms with Crippen LogP contribution in [0.4, 0.5) is 0 Å². The van der Waals surface area contributed by atoms with E-state index in [9.17, 15) is 9.90 Å². The van der Waals surface area contributed by atoms with Gasteiger partial charge in [-0.2, -0.15) is 0 Å². The average Bonchev–Trinajstić information content (AvgIpc) is 2.67. The Labute approximate surface area is 146 Å². The highest BCUT2D eigenvalue weighted by Crippen LogP contribution is 2.30. The molecule has 3 aromatic carbocycles. The van der Waals surface area contributed by atoms with Crippen molar-refractivity contribution in [2.24, 2.45) is 0 Å². The Morgan fingerprint density at radius 2 is 1.68 bits per heavy atom. The van der Waals surface area contributed by atoms with Gasteiger partial charge in [0.1, 0.15) is 12.4 Å². The van der Waals surface area contributed by atoms with Gasteiger partial charge in [-0.25, -0.2) is 4.79 Å². The standard InChI is InChI=1S/C22H18O3/c1-2-17-9-6-10-20(22(23)24)21(17)18-11-13-19(14-12-18)25-15-16-7-4-3-5-8-16/h2-14H,1,15H2,(H,23,24). The summed E-state index contributed by atoms with van der Waals surface area (Å²) in [6.45, 7) is 4.27. The second-order valence-corrected chi connectivity index (χ2v) is 5.58. The van der Waals surface area contributed by atoms with Gasteiger partial charge in [0.25, 0.3) is 0 Å². The van der Waals surface area contributed by atoms with Gasteiger partial charge >= 0.3 is 5.97 Å². The van der Waals surface area contributed by atoms with Crippen molar-refractivity contribution >= 4 is 12.0 Å². The van der Waals surface area contributed by atoms with Crippen molar-refractivity contribution in [2.45, 2.75) is 6.61 Å². The van der Waals surface area contributed by atoms with Gasteiger partial charge in [-0.05, 0) is 34.9 Å². The summed E-state index contributed by atoms with van der Waals surface area (Å²) >= 11 is 0. The number of hydrogen-bond acceptors (Lipinski definition) is 2. The lowest BCUT2D eigenvalue weighted by Gasteiger charge is -2.12. The first-order valence-corrected chi connectivity index (χ1v) is 7.95. The third-order valence-electron chi connectivity index (χ3n) is 3.94. The number of rotatable bonds is 6. The molecular formula is C22H18O3. The Balaban J connectivity index is 1.85. The van der Waals surface area contributed by atoms with Crippen LogP contribution < -0.4 is 4.74 Å². The van der Waals surface area contributed by atoms with Crippen molar-refractivity contribution in [3.63, 3.8) is 0 Å². The van der Waals surface area contributed by atoms with Gasteiger partial charge in [0.05, 0.1) is 5.56 Å². The van der Waals surface area contributed by atoms with Crippen molar-refractivity contribution in [1.82, 2.24) is 0 Å². The van der Waals surface area contributed by atoms with Crippen LogP contribution in [0, 0.1) is 0 Å². The van der Waals surface area contributed by atoms with Crippen molar-refractivity contribution in [3.8, 4) is 16.9 Å². The highest BCUT2D eigenvalue weighted by Gasteiger charge is 2.14. The molecule has 3 heteroatoms. The molecule has 0 fully saturated rings. The van der Waals surface area contributed by atoms with Crippen LogP contribution in [0.5, 0.6) is 5.75 Å². The Bertz CT molecular complexity index is 881. The highest BCUT2D eigenvalue weighted by molar-refractivity contribution is 5.98. The third kappa shape index (κ3) is 3.78. The molecule has 0 saturated heterocycles. The molecule has 3 nitrogen and oxygen atoms in total. The molecule has 3 rings (SSSR count). The summed E-state index contributed by atoms with van der Waals surface area (Å²) in [5.74, 6) is -0.219. The fraction of sp³-hybridized carbons (Fsp3) is 0.0455. The average molecular weight is 330 g/mol. The van der Waals surface area contributed by atoms with Crippen LogP contribution in [-0.2, 0) is 6.61 Å².